The molecule has 23 heavy (non-hydrogen) atoms. The molecule has 0 amide bonds. The third kappa shape index (κ3) is 4.03. The van der Waals surface area contributed by atoms with Crippen LogP contribution < -0.4 is 0 Å². The summed E-state index contributed by atoms with van der Waals surface area (Å²) in [5.41, 5.74) is -0.502. The van der Waals surface area contributed by atoms with Gasteiger partial charge in [-0.15, -0.1) is 0 Å². The second kappa shape index (κ2) is 7.18. The third-order valence-electron chi connectivity index (χ3n) is 2.72. The predicted molar refractivity (Wildman–Crippen MR) is 73.5 cm³/mol. The molecule has 0 aliphatic heterocycles. The summed E-state index contributed by atoms with van der Waals surface area (Å²) in [6.07, 6.45) is -1.17. The van der Waals surface area contributed by atoms with Gasteiger partial charge in [-0.05, 0) is 13.0 Å². The number of nitrogens with zero attached hydrogens (tertiary/aromatic N) is 5. The first-order valence-electron chi connectivity index (χ1n) is 6.57. The Labute approximate surface area is 129 Å². The Hall–Kier alpha value is -2.49. The van der Waals surface area contributed by atoms with Crippen LogP contribution in [-0.2, 0) is 22.4 Å². The van der Waals surface area contributed by atoms with E-state index in [2.05, 4.69) is 20.2 Å². The Morgan fingerprint density at radius 1 is 1.39 bits per heavy atom. The second-order valence-corrected chi connectivity index (χ2v) is 4.34. The van der Waals surface area contributed by atoms with Crippen LogP contribution in [0.15, 0.2) is 30.1 Å². The van der Waals surface area contributed by atoms with Crippen molar-refractivity contribution in [2.75, 3.05) is 13.7 Å². The molecular formula is C13H14F3N5O2. The molecule has 2 rings (SSSR count). The molecule has 0 N–H and O–H groups in total. The Kier molecular flexibility index (Phi) is 5.27. The summed E-state index contributed by atoms with van der Waals surface area (Å²) in [7, 11) is 1.37. The van der Waals surface area contributed by atoms with Crippen molar-refractivity contribution in [3.05, 3.63) is 41.7 Å². The van der Waals surface area contributed by atoms with Gasteiger partial charge in [0.25, 0.3) is 0 Å². The second-order valence-electron chi connectivity index (χ2n) is 4.34. The zero-order valence-corrected chi connectivity index (χ0v) is 12.4. The third-order valence-corrected chi connectivity index (χ3v) is 2.72. The lowest BCUT2D eigenvalue weighted by atomic mass is 10.1. The van der Waals surface area contributed by atoms with Crippen LogP contribution in [0.25, 0.3) is 0 Å². The number of oxime groups is 1. The maximum atomic E-state index is 12.9. The summed E-state index contributed by atoms with van der Waals surface area (Å²) in [6.45, 7) is 1.92. The number of rotatable bonds is 5. The van der Waals surface area contributed by atoms with Gasteiger partial charge in [-0.3, -0.25) is 4.98 Å². The fraction of sp³-hybridized carbons (Fsp3) is 0.385. The fourth-order valence-corrected chi connectivity index (χ4v) is 1.77. The predicted octanol–water partition coefficient (Wildman–Crippen LogP) is 2.08. The number of ether oxygens (including phenoxy) is 1. The summed E-state index contributed by atoms with van der Waals surface area (Å²) >= 11 is 0. The summed E-state index contributed by atoms with van der Waals surface area (Å²) in [4.78, 5) is 12.7. The standard InChI is InChI=1S/C13H14F3N5O2/c1-3-23-20-12(21-8-17-7-19-21)11-9(6-22-2)4-10(5-18-11)13(14,15)16/h4-5,7-8H,3,6H2,1-2H3/b20-12+. The largest absolute Gasteiger partial charge is 0.417 e. The van der Waals surface area contributed by atoms with E-state index in [9.17, 15) is 13.2 Å². The van der Waals surface area contributed by atoms with E-state index < -0.39 is 11.7 Å². The zero-order chi connectivity index (χ0) is 16.9. The Balaban J connectivity index is 2.54. The minimum atomic E-state index is -4.50. The Bertz CT molecular complexity index is 671. The molecule has 7 nitrogen and oxygen atoms in total. The molecule has 2 aromatic rings. The van der Waals surface area contributed by atoms with Crippen molar-refractivity contribution in [3.8, 4) is 0 Å². The van der Waals surface area contributed by atoms with Gasteiger partial charge in [-0.1, -0.05) is 5.16 Å². The summed E-state index contributed by atoms with van der Waals surface area (Å²) < 4.78 is 44.8. The van der Waals surface area contributed by atoms with Gasteiger partial charge in [0.1, 0.15) is 25.0 Å². The van der Waals surface area contributed by atoms with Crippen LogP contribution in [0.3, 0.4) is 0 Å². The minimum Gasteiger partial charge on any atom is -0.394 e. The van der Waals surface area contributed by atoms with Crippen molar-refractivity contribution in [1.29, 1.82) is 0 Å². The number of alkyl halides is 3. The average Bonchev–Trinajstić information content (AvgIpc) is 3.02. The SMILES string of the molecule is CCO/N=C(\c1ncc(C(F)(F)F)cc1COC)n1cncn1. The lowest BCUT2D eigenvalue weighted by Crippen LogP contribution is -2.20. The summed E-state index contributed by atoms with van der Waals surface area (Å²) in [6, 6.07) is 0.963. The van der Waals surface area contributed by atoms with Crippen LogP contribution in [0.4, 0.5) is 13.2 Å². The normalized spacial score (nSPS) is 12.5. The first-order valence-corrected chi connectivity index (χ1v) is 6.57. The quantitative estimate of drug-likeness (QED) is 0.477. The molecule has 0 unspecified atom stereocenters. The molecule has 2 heterocycles. The zero-order valence-electron chi connectivity index (χ0n) is 12.4. The Morgan fingerprint density at radius 2 is 2.17 bits per heavy atom. The highest BCUT2D eigenvalue weighted by atomic mass is 19.4. The van der Waals surface area contributed by atoms with Gasteiger partial charge < -0.3 is 9.57 Å². The van der Waals surface area contributed by atoms with Crippen LogP contribution in [0, 0.1) is 0 Å². The van der Waals surface area contributed by atoms with Crippen LogP contribution in [0.2, 0.25) is 0 Å². The van der Waals surface area contributed by atoms with Crippen molar-refractivity contribution < 1.29 is 22.7 Å². The fourth-order valence-electron chi connectivity index (χ4n) is 1.77. The molecule has 0 aliphatic rings. The molecule has 0 saturated carbocycles. The van der Waals surface area contributed by atoms with Crippen LogP contribution in [0.5, 0.6) is 0 Å². The molecule has 0 bridgehead atoms. The molecule has 0 saturated heterocycles. The maximum absolute atomic E-state index is 12.9. The van der Waals surface area contributed by atoms with Gasteiger partial charge in [0.2, 0.25) is 5.84 Å². The number of hydrogen-bond acceptors (Lipinski definition) is 6. The van der Waals surface area contributed by atoms with Crippen molar-refractivity contribution in [1.82, 2.24) is 19.7 Å². The topological polar surface area (TPSA) is 74.4 Å². The van der Waals surface area contributed by atoms with Gasteiger partial charge >= 0.3 is 6.18 Å². The van der Waals surface area contributed by atoms with E-state index in [1.54, 1.807) is 6.92 Å². The van der Waals surface area contributed by atoms with E-state index in [0.29, 0.717) is 0 Å². The van der Waals surface area contributed by atoms with Gasteiger partial charge in [0.15, 0.2) is 0 Å². The van der Waals surface area contributed by atoms with Gasteiger partial charge in [0, 0.05) is 18.9 Å². The lowest BCUT2D eigenvalue weighted by Gasteiger charge is -2.13. The van der Waals surface area contributed by atoms with Crippen LogP contribution in [-0.4, -0.2) is 39.3 Å². The van der Waals surface area contributed by atoms with Crippen molar-refractivity contribution in [3.63, 3.8) is 0 Å². The number of pyridine rings is 1. The van der Waals surface area contributed by atoms with E-state index in [0.717, 1.165) is 12.3 Å². The van der Waals surface area contributed by atoms with Crippen molar-refractivity contribution in [2.24, 2.45) is 5.16 Å². The highest BCUT2D eigenvalue weighted by Gasteiger charge is 2.32. The monoisotopic (exact) mass is 329 g/mol. The van der Waals surface area contributed by atoms with E-state index in [1.165, 1.54) is 24.4 Å². The van der Waals surface area contributed by atoms with Gasteiger partial charge in [-0.25, -0.2) is 4.98 Å². The molecular weight excluding hydrogens is 315 g/mol. The highest BCUT2D eigenvalue weighted by Crippen LogP contribution is 2.30. The Morgan fingerprint density at radius 3 is 2.74 bits per heavy atom. The van der Waals surface area contributed by atoms with Crippen molar-refractivity contribution in [2.45, 2.75) is 19.7 Å². The smallest absolute Gasteiger partial charge is 0.394 e. The highest BCUT2D eigenvalue weighted by molar-refractivity contribution is 5.98. The lowest BCUT2D eigenvalue weighted by molar-refractivity contribution is -0.137. The molecule has 0 fully saturated rings. The first kappa shape index (κ1) is 16.9. The number of methoxy groups -OCH3 is 1. The van der Waals surface area contributed by atoms with E-state index in [1.807, 2.05) is 0 Å². The first-order chi connectivity index (χ1) is 11.0. The molecule has 10 heteroatoms. The van der Waals surface area contributed by atoms with Crippen LogP contribution in [0.1, 0.15) is 23.7 Å². The number of hydrogen-bond donors (Lipinski definition) is 0. The molecule has 0 atom stereocenters. The maximum Gasteiger partial charge on any atom is 0.417 e. The molecule has 0 radical (unpaired) electrons. The number of aromatic nitrogens is 4. The molecule has 0 spiro atoms. The van der Waals surface area contributed by atoms with Crippen LogP contribution >= 0.6 is 0 Å². The minimum absolute atomic E-state index is 0.0773. The summed E-state index contributed by atoms with van der Waals surface area (Å²) in [5.74, 6) is 0.116. The molecule has 2 aromatic heterocycles. The van der Waals surface area contributed by atoms with Crippen molar-refractivity contribution >= 4 is 5.84 Å². The van der Waals surface area contributed by atoms with E-state index in [4.69, 9.17) is 9.57 Å². The molecule has 124 valence electrons. The van der Waals surface area contributed by atoms with Gasteiger partial charge in [0.05, 0.1) is 12.2 Å². The molecule has 0 aliphatic carbocycles. The average molecular weight is 329 g/mol. The number of halogens is 3. The summed E-state index contributed by atoms with van der Waals surface area (Å²) in [5, 5.41) is 7.78. The molecule has 0 aromatic carbocycles. The van der Waals surface area contributed by atoms with E-state index in [-0.39, 0.29) is 30.3 Å². The van der Waals surface area contributed by atoms with E-state index >= 15 is 0 Å². The van der Waals surface area contributed by atoms with Gasteiger partial charge in [-0.2, -0.15) is 23.0 Å².